The number of nitriles is 1. The molecule has 0 aromatic heterocycles. The highest BCUT2D eigenvalue weighted by atomic mass is 32.2. The van der Waals surface area contributed by atoms with E-state index in [2.05, 4.69) is 14.5 Å². The first-order valence-corrected chi connectivity index (χ1v) is 7.17. The van der Waals surface area contributed by atoms with Crippen molar-refractivity contribution in [3.8, 4) is 6.07 Å². The average molecular weight is 293 g/mol. The van der Waals surface area contributed by atoms with E-state index in [0.29, 0.717) is 5.56 Å². The molecule has 1 aliphatic rings. The van der Waals surface area contributed by atoms with Crippen LogP contribution in [0.3, 0.4) is 0 Å². The van der Waals surface area contributed by atoms with Crippen LogP contribution in [-0.4, -0.2) is 32.9 Å². The molecule has 0 bridgehead atoms. The number of benzene rings is 1. The fourth-order valence-corrected chi connectivity index (χ4v) is 2.94. The molecule has 0 radical (unpaired) electrons. The van der Waals surface area contributed by atoms with Gasteiger partial charge in [0.1, 0.15) is 17.9 Å². The number of ether oxygens (including phenoxy) is 1. The molecule has 0 aliphatic carbocycles. The van der Waals surface area contributed by atoms with Crippen LogP contribution in [-0.2, 0) is 19.6 Å². The Kier molecular flexibility index (Phi) is 3.72. The predicted molar refractivity (Wildman–Crippen MR) is 69.3 cm³/mol. The van der Waals surface area contributed by atoms with Crippen LogP contribution in [0.4, 0.5) is 0 Å². The molecule has 0 amide bonds. The molecule has 0 fully saturated rings. The second-order valence-electron chi connectivity index (χ2n) is 4.02. The SMILES string of the molecule is C[C@H](N=C1NS(=O)(=O)c2ccccc21)C(=O)OCC#N. The smallest absolute Gasteiger partial charge is 0.331 e. The van der Waals surface area contributed by atoms with Crippen LogP contribution in [0.15, 0.2) is 34.2 Å². The molecule has 0 unspecified atom stereocenters. The number of esters is 1. The normalized spacial score (nSPS) is 18.7. The molecule has 0 spiro atoms. The molecule has 1 atom stereocenters. The van der Waals surface area contributed by atoms with Crippen molar-refractivity contribution in [3.63, 3.8) is 0 Å². The Bertz CT molecular complexity index is 718. The van der Waals surface area contributed by atoms with Crippen LogP contribution in [0, 0.1) is 11.3 Å². The number of hydrogen-bond donors (Lipinski definition) is 1. The molecule has 1 heterocycles. The summed E-state index contributed by atoms with van der Waals surface area (Å²) in [7, 11) is -3.63. The Balaban J connectivity index is 2.30. The Morgan fingerprint density at radius 3 is 2.90 bits per heavy atom. The lowest BCUT2D eigenvalue weighted by Crippen LogP contribution is -2.26. The van der Waals surface area contributed by atoms with Crippen LogP contribution in [0.25, 0.3) is 0 Å². The molecule has 20 heavy (non-hydrogen) atoms. The van der Waals surface area contributed by atoms with Crippen molar-refractivity contribution in [2.45, 2.75) is 17.9 Å². The van der Waals surface area contributed by atoms with Crippen LogP contribution in [0.5, 0.6) is 0 Å². The maximum Gasteiger partial charge on any atom is 0.331 e. The molecule has 7 nitrogen and oxygen atoms in total. The fourth-order valence-electron chi connectivity index (χ4n) is 1.70. The molecule has 0 saturated carbocycles. The van der Waals surface area contributed by atoms with Gasteiger partial charge in [-0.1, -0.05) is 12.1 Å². The van der Waals surface area contributed by atoms with Crippen molar-refractivity contribution in [3.05, 3.63) is 29.8 Å². The third-order valence-corrected chi connectivity index (χ3v) is 4.00. The maximum absolute atomic E-state index is 11.8. The number of carbonyl (C=O) groups excluding carboxylic acids is 1. The van der Waals surface area contributed by atoms with E-state index < -0.39 is 22.0 Å². The molecule has 1 N–H and O–H groups in total. The van der Waals surface area contributed by atoms with Gasteiger partial charge in [-0.05, 0) is 19.1 Å². The number of carbonyl (C=O) groups is 1. The van der Waals surface area contributed by atoms with Gasteiger partial charge in [0.2, 0.25) is 0 Å². The minimum Gasteiger partial charge on any atom is -0.449 e. The topological polar surface area (TPSA) is 109 Å². The van der Waals surface area contributed by atoms with Crippen LogP contribution in [0.1, 0.15) is 12.5 Å². The maximum atomic E-state index is 11.8. The summed E-state index contributed by atoms with van der Waals surface area (Å²) < 4.78 is 30.6. The predicted octanol–water partition coefficient (Wildman–Crippen LogP) is 0.180. The lowest BCUT2D eigenvalue weighted by atomic mass is 10.2. The molecule has 8 heteroatoms. The first-order chi connectivity index (χ1) is 9.45. The third kappa shape index (κ3) is 2.62. The Morgan fingerprint density at radius 2 is 2.20 bits per heavy atom. The molecule has 2 rings (SSSR count). The molecule has 1 aliphatic heterocycles. The number of hydrogen-bond acceptors (Lipinski definition) is 6. The molecule has 104 valence electrons. The summed E-state index contributed by atoms with van der Waals surface area (Å²) >= 11 is 0. The summed E-state index contributed by atoms with van der Waals surface area (Å²) in [6.45, 7) is 1.10. The van der Waals surface area contributed by atoms with E-state index in [1.165, 1.54) is 13.0 Å². The molecule has 0 saturated heterocycles. The number of nitrogens with one attached hydrogen (secondary N) is 1. The monoisotopic (exact) mass is 293 g/mol. The Morgan fingerprint density at radius 1 is 1.50 bits per heavy atom. The fraction of sp³-hybridized carbons (Fsp3) is 0.250. The minimum atomic E-state index is -3.63. The quantitative estimate of drug-likeness (QED) is 0.800. The lowest BCUT2D eigenvalue weighted by Gasteiger charge is -2.06. The summed E-state index contributed by atoms with van der Waals surface area (Å²) in [4.78, 5) is 15.6. The zero-order chi connectivity index (χ0) is 14.8. The van der Waals surface area contributed by atoms with Crippen molar-refractivity contribution in [2.75, 3.05) is 6.61 Å². The summed E-state index contributed by atoms with van der Waals surface area (Å²) in [5.74, 6) is -0.593. The Hall–Kier alpha value is -2.40. The van der Waals surface area contributed by atoms with Crippen LogP contribution < -0.4 is 4.72 Å². The zero-order valence-corrected chi connectivity index (χ0v) is 11.3. The number of fused-ring (bicyclic) bond motifs is 1. The number of amidine groups is 1. The van der Waals surface area contributed by atoms with Crippen LogP contribution in [0.2, 0.25) is 0 Å². The van der Waals surface area contributed by atoms with E-state index in [-0.39, 0.29) is 17.3 Å². The van der Waals surface area contributed by atoms with Crippen molar-refractivity contribution in [1.82, 2.24) is 4.72 Å². The van der Waals surface area contributed by atoms with E-state index >= 15 is 0 Å². The van der Waals surface area contributed by atoms with Gasteiger partial charge < -0.3 is 4.74 Å². The van der Waals surface area contributed by atoms with Crippen molar-refractivity contribution >= 4 is 21.8 Å². The first kappa shape index (κ1) is 14.0. The van der Waals surface area contributed by atoms with Gasteiger partial charge in [0.05, 0.1) is 4.90 Å². The van der Waals surface area contributed by atoms with Crippen molar-refractivity contribution < 1.29 is 17.9 Å². The molecule has 1 aromatic carbocycles. The second kappa shape index (κ2) is 5.30. The zero-order valence-electron chi connectivity index (χ0n) is 10.5. The molecular weight excluding hydrogens is 282 g/mol. The number of nitrogens with zero attached hydrogens (tertiary/aromatic N) is 2. The highest BCUT2D eigenvalue weighted by Crippen LogP contribution is 2.22. The van der Waals surface area contributed by atoms with Gasteiger partial charge in [0, 0.05) is 5.56 Å². The second-order valence-corrected chi connectivity index (χ2v) is 5.67. The van der Waals surface area contributed by atoms with E-state index in [4.69, 9.17) is 5.26 Å². The van der Waals surface area contributed by atoms with Gasteiger partial charge in [-0.15, -0.1) is 0 Å². The third-order valence-electron chi connectivity index (χ3n) is 2.61. The summed E-state index contributed by atoms with van der Waals surface area (Å²) in [6, 6.07) is 7.10. The minimum absolute atomic E-state index is 0.0991. The molecule has 1 aromatic rings. The highest BCUT2D eigenvalue weighted by molar-refractivity contribution is 7.90. The van der Waals surface area contributed by atoms with Crippen molar-refractivity contribution in [2.24, 2.45) is 4.99 Å². The highest BCUT2D eigenvalue weighted by Gasteiger charge is 2.31. The Labute approximate surface area is 115 Å². The summed E-state index contributed by atoms with van der Waals surface area (Å²) in [6.07, 6.45) is 0. The van der Waals surface area contributed by atoms with Gasteiger partial charge in [0.25, 0.3) is 10.0 Å². The van der Waals surface area contributed by atoms with Gasteiger partial charge >= 0.3 is 5.97 Å². The standard InChI is InChI=1S/C12H11N3O4S/c1-8(12(16)19-7-6-13)14-11-9-4-2-3-5-10(9)20(17,18)15-11/h2-5,8H,7H2,1H3,(H,14,15)/t8-/m0/s1. The lowest BCUT2D eigenvalue weighted by molar-refractivity contribution is -0.143. The number of rotatable bonds is 3. The van der Waals surface area contributed by atoms with Crippen molar-refractivity contribution in [1.29, 1.82) is 5.26 Å². The van der Waals surface area contributed by atoms with E-state index in [1.54, 1.807) is 24.3 Å². The van der Waals surface area contributed by atoms with E-state index in [1.807, 2.05) is 0 Å². The van der Waals surface area contributed by atoms with Gasteiger partial charge in [0.15, 0.2) is 6.61 Å². The van der Waals surface area contributed by atoms with E-state index in [9.17, 15) is 13.2 Å². The van der Waals surface area contributed by atoms with Gasteiger partial charge in [-0.25, -0.2) is 13.2 Å². The largest absolute Gasteiger partial charge is 0.449 e. The first-order valence-electron chi connectivity index (χ1n) is 5.69. The number of sulfonamides is 1. The number of aliphatic imine (C=N–C) groups is 1. The van der Waals surface area contributed by atoms with Crippen LogP contribution >= 0.6 is 0 Å². The summed E-state index contributed by atoms with van der Waals surface area (Å²) in [5, 5.41) is 8.33. The van der Waals surface area contributed by atoms with Gasteiger partial charge in [-0.3, -0.25) is 9.71 Å². The average Bonchev–Trinajstić information content (AvgIpc) is 2.68. The van der Waals surface area contributed by atoms with Gasteiger partial charge in [-0.2, -0.15) is 5.26 Å². The summed E-state index contributed by atoms with van der Waals surface area (Å²) in [5.41, 5.74) is 0.410. The molecular formula is C12H11N3O4S. The van der Waals surface area contributed by atoms with E-state index in [0.717, 1.165) is 0 Å².